The molecule has 2 N–H and O–H groups in total. The second-order valence-corrected chi connectivity index (χ2v) is 11.8. The van der Waals surface area contributed by atoms with Crippen LogP contribution in [0, 0.1) is 13.8 Å². The van der Waals surface area contributed by atoms with Crippen LogP contribution in [-0.4, -0.2) is 23.7 Å². The van der Waals surface area contributed by atoms with Crippen LogP contribution in [0.25, 0.3) is 0 Å². The van der Waals surface area contributed by atoms with Crippen molar-refractivity contribution in [2.45, 2.75) is 26.9 Å². The summed E-state index contributed by atoms with van der Waals surface area (Å²) < 4.78 is 0. The van der Waals surface area contributed by atoms with Gasteiger partial charge >= 0.3 is 17.1 Å². The van der Waals surface area contributed by atoms with E-state index >= 15 is 0 Å². The summed E-state index contributed by atoms with van der Waals surface area (Å²) in [7, 11) is 0. The first-order valence-electron chi connectivity index (χ1n) is 16.9. The summed E-state index contributed by atoms with van der Waals surface area (Å²) in [6.45, 7) is 5.12. The van der Waals surface area contributed by atoms with E-state index in [1.807, 2.05) is 159 Å². The van der Waals surface area contributed by atoms with Gasteiger partial charge in [-0.25, -0.2) is 20.0 Å². The number of benzene rings is 6. The number of nitrogens with one attached hydrogen (secondary N) is 2. The Morgan fingerprint density at radius 2 is 0.736 bits per heavy atom. The molecule has 269 valence electrons. The molecule has 6 rings (SSSR count). The fourth-order valence-corrected chi connectivity index (χ4v) is 4.73. The van der Waals surface area contributed by atoms with Gasteiger partial charge in [0.05, 0.1) is 11.4 Å². The number of guanidine groups is 2. The first-order chi connectivity index (χ1) is 25.4. The second-order valence-electron chi connectivity index (χ2n) is 11.8. The van der Waals surface area contributed by atoms with Crippen molar-refractivity contribution in [1.29, 1.82) is 0 Å². The molecule has 0 heterocycles. The fraction of sp³-hybridized carbons (Fsp3) is 0.0909. The van der Waals surface area contributed by atoms with Crippen molar-refractivity contribution in [1.82, 2.24) is 10.6 Å². The zero-order valence-electron chi connectivity index (χ0n) is 29.5. The van der Waals surface area contributed by atoms with Crippen LogP contribution < -0.4 is 20.8 Å². The van der Waals surface area contributed by atoms with Gasteiger partial charge in [-0.05, 0) is 72.2 Å². The monoisotopic (exact) mass is 747 g/mol. The standard InChI is InChI=1S/2C22H21N3O.Cu/c2*1-17-12-14-20(15-13-17)24-22(23-16-18-8-4-2-5-9-18)25-21(26)19-10-6-3-7-11-19;/h2*2-15H,16H2,1H3,(H2,23,24,25,26);/q;;+2/p-2. The van der Waals surface area contributed by atoms with E-state index in [-0.39, 0.29) is 28.9 Å². The van der Waals surface area contributed by atoms with Crippen LogP contribution in [0.15, 0.2) is 190 Å². The van der Waals surface area contributed by atoms with Crippen LogP contribution in [0.5, 0.6) is 0 Å². The number of rotatable bonds is 8. The van der Waals surface area contributed by atoms with Crippen molar-refractivity contribution in [2.24, 2.45) is 20.0 Å². The third-order valence-corrected chi connectivity index (χ3v) is 7.58. The van der Waals surface area contributed by atoms with Gasteiger partial charge in [-0.3, -0.25) is 0 Å². The van der Waals surface area contributed by atoms with Gasteiger partial charge in [0.1, 0.15) is 0 Å². The molecule has 53 heavy (non-hydrogen) atoms. The minimum atomic E-state index is -0.322. The minimum absolute atomic E-state index is 0. The first-order valence-corrected chi connectivity index (χ1v) is 16.9. The van der Waals surface area contributed by atoms with E-state index in [2.05, 4.69) is 30.6 Å². The summed E-state index contributed by atoms with van der Waals surface area (Å²) in [4.78, 5) is 17.4. The van der Waals surface area contributed by atoms with Crippen molar-refractivity contribution < 1.29 is 27.3 Å². The molecule has 0 aliphatic heterocycles. The van der Waals surface area contributed by atoms with Crippen LogP contribution in [0.3, 0.4) is 0 Å². The van der Waals surface area contributed by atoms with Crippen LogP contribution in [0.1, 0.15) is 33.4 Å². The molecule has 0 amide bonds. The molecule has 0 saturated heterocycles. The van der Waals surface area contributed by atoms with Crippen LogP contribution in [0.4, 0.5) is 11.4 Å². The van der Waals surface area contributed by atoms with Crippen molar-refractivity contribution in [3.8, 4) is 0 Å². The Morgan fingerprint density at radius 1 is 0.434 bits per heavy atom. The van der Waals surface area contributed by atoms with Gasteiger partial charge < -0.3 is 20.8 Å². The maximum atomic E-state index is 12.4. The zero-order valence-corrected chi connectivity index (χ0v) is 30.4. The zero-order chi connectivity index (χ0) is 36.4. The molecule has 0 atom stereocenters. The van der Waals surface area contributed by atoms with Gasteiger partial charge in [0, 0.05) is 13.1 Å². The maximum Gasteiger partial charge on any atom is 2.00 e. The number of aliphatic imine (C=N–C) groups is 4. The van der Waals surface area contributed by atoms with Crippen molar-refractivity contribution in [2.75, 3.05) is 0 Å². The molecule has 0 fully saturated rings. The molecule has 0 aliphatic rings. The minimum Gasteiger partial charge on any atom is -0.858 e. The van der Waals surface area contributed by atoms with Gasteiger partial charge in [-0.1, -0.05) is 157 Å². The predicted octanol–water partition coefficient (Wildman–Crippen LogP) is 7.16. The molecule has 0 saturated carbocycles. The molecule has 9 heteroatoms. The molecule has 0 bridgehead atoms. The average Bonchev–Trinajstić information content (AvgIpc) is 3.19. The fourth-order valence-electron chi connectivity index (χ4n) is 4.73. The molecule has 1 radical (unpaired) electrons. The van der Waals surface area contributed by atoms with Crippen molar-refractivity contribution in [3.63, 3.8) is 0 Å². The summed E-state index contributed by atoms with van der Waals surface area (Å²) >= 11 is 0. The van der Waals surface area contributed by atoms with E-state index in [0.29, 0.717) is 36.1 Å². The SMILES string of the molecule is Cc1ccc(N=C(/N=C(\[O-])c2ccccc2)NCc2ccccc2)cc1.Cc1ccc(N=C(/N=C(\[O-])c2ccccc2)NCc2ccccc2)cc1.[Cu+2]. The van der Waals surface area contributed by atoms with Gasteiger partial charge in [0.25, 0.3) is 0 Å². The second kappa shape index (κ2) is 21.2. The van der Waals surface area contributed by atoms with Crippen LogP contribution in [0.2, 0.25) is 0 Å². The van der Waals surface area contributed by atoms with Gasteiger partial charge in [-0.15, -0.1) is 0 Å². The number of nitrogens with zero attached hydrogens (tertiary/aromatic N) is 4. The number of aryl methyl sites for hydroxylation is 2. The Balaban J connectivity index is 0.000000232. The number of hydrogen-bond acceptors (Lipinski definition) is 4. The van der Waals surface area contributed by atoms with E-state index in [0.717, 1.165) is 33.6 Å². The molecule has 0 aliphatic carbocycles. The Hall–Kier alpha value is -6.28. The predicted molar refractivity (Wildman–Crippen MR) is 209 cm³/mol. The molecular weight excluding hydrogens is 708 g/mol. The van der Waals surface area contributed by atoms with E-state index in [1.54, 1.807) is 24.3 Å². The average molecular weight is 748 g/mol. The van der Waals surface area contributed by atoms with Crippen LogP contribution in [-0.2, 0) is 30.2 Å². The molecule has 6 aromatic rings. The maximum absolute atomic E-state index is 12.4. The van der Waals surface area contributed by atoms with Gasteiger partial charge in [0.15, 0.2) is 0 Å². The Labute approximate surface area is 322 Å². The van der Waals surface area contributed by atoms with E-state index in [4.69, 9.17) is 0 Å². The van der Waals surface area contributed by atoms with Crippen LogP contribution >= 0.6 is 0 Å². The topological polar surface area (TPSA) is 120 Å². The third kappa shape index (κ3) is 13.8. The summed E-state index contributed by atoms with van der Waals surface area (Å²) in [5.41, 5.74) is 7.04. The Morgan fingerprint density at radius 3 is 1.06 bits per heavy atom. The number of hydrogen-bond donors (Lipinski definition) is 2. The van der Waals surface area contributed by atoms with Crippen molar-refractivity contribution >= 4 is 35.1 Å². The molecule has 0 aromatic heterocycles. The van der Waals surface area contributed by atoms with E-state index in [9.17, 15) is 10.2 Å². The largest absolute Gasteiger partial charge is 2.00 e. The van der Waals surface area contributed by atoms with E-state index < -0.39 is 0 Å². The first kappa shape index (κ1) is 39.5. The third-order valence-electron chi connectivity index (χ3n) is 7.58. The summed E-state index contributed by atoms with van der Waals surface area (Å²) in [5.74, 6) is -0.0489. The Bertz CT molecular complexity index is 1930. The smallest absolute Gasteiger partial charge is 0.858 e. The molecule has 8 nitrogen and oxygen atoms in total. The molecule has 6 aromatic carbocycles. The molecule has 0 spiro atoms. The normalized spacial score (nSPS) is 11.8. The summed E-state index contributed by atoms with van der Waals surface area (Å²) in [6.07, 6.45) is 0. The summed E-state index contributed by atoms with van der Waals surface area (Å²) in [6, 6.07) is 53.4. The molecular formula is C44H40CuN6O2. The Kier molecular flexibility index (Phi) is 15.8. The van der Waals surface area contributed by atoms with Gasteiger partial charge in [0.2, 0.25) is 11.9 Å². The van der Waals surface area contributed by atoms with Crippen molar-refractivity contribution in [3.05, 3.63) is 203 Å². The van der Waals surface area contributed by atoms with Gasteiger partial charge in [-0.2, -0.15) is 0 Å². The van der Waals surface area contributed by atoms with E-state index in [1.165, 1.54) is 0 Å². The summed E-state index contributed by atoms with van der Waals surface area (Å²) in [5, 5.41) is 31.2. The molecule has 0 unspecified atom stereocenters. The quantitative estimate of drug-likeness (QED) is 0.0976.